The Kier molecular flexibility index (Phi) is 7.03. The van der Waals surface area contributed by atoms with Crippen molar-refractivity contribution < 1.29 is 13.2 Å². The van der Waals surface area contributed by atoms with E-state index < -0.39 is 10.0 Å². The molecular formula is C11H24N2O3S. The van der Waals surface area contributed by atoms with E-state index in [1.807, 2.05) is 6.92 Å². The van der Waals surface area contributed by atoms with Crippen LogP contribution in [-0.2, 0) is 14.8 Å². The molecule has 0 aromatic carbocycles. The number of sulfonamides is 1. The van der Waals surface area contributed by atoms with Crippen LogP contribution in [0.5, 0.6) is 0 Å². The van der Waals surface area contributed by atoms with E-state index in [-0.39, 0.29) is 5.75 Å². The number of ether oxygens (including phenoxy) is 1. The summed E-state index contributed by atoms with van der Waals surface area (Å²) in [6, 6.07) is 0. The Labute approximate surface area is 104 Å². The van der Waals surface area contributed by atoms with Gasteiger partial charge in [-0.3, -0.25) is 0 Å². The largest absolute Gasteiger partial charge is 0.381 e. The van der Waals surface area contributed by atoms with Crippen molar-refractivity contribution in [3.63, 3.8) is 0 Å². The molecule has 1 rings (SSSR count). The fraction of sp³-hybridized carbons (Fsp3) is 1.00. The molecule has 102 valence electrons. The Morgan fingerprint density at radius 3 is 2.65 bits per heavy atom. The smallest absolute Gasteiger partial charge is 0.211 e. The summed E-state index contributed by atoms with van der Waals surface area (Å²) in [5.41, 5.74) is 0. The zero-order valence-corrected chi connectivity index (χ0v) is 11.4. The molecule has 0 spiro atoms. The molecule has 0 amide bonds. The van der Waals surface area contributed by atoms with Crippen LogP contribution in [0.15, 0.2) is 0 Å². The van der Waals surface area contributed by atoms with Crippen LogP contribution in [0.1, 0.15) is 26.2 Å². The molecule has 2 N–H and O–H groups in total. The van der Waals surface area contributed by atoms with Crippen molar-refractivity contribution in [2.75, 3.05) is 38.6 Å². The molecule has 0 saturated carbocycles. The maximum absolute atomic E-state index is 11.7. The van der Waals surface area contributed by atoms with E-state index in [1.54, 1.807) is 0 Å². The van der Waals surface area contributed by atoms with Gasteiger partial charge in [-0.15, -0.1) is 0 Å². The molecule has 0 aliphatic carbocycles. The van der Waals surface area contributed by atoms with E-state index in [2.05, 4.69) is 10.0 Å². The summed E-state index contributed by atoms with van der Waals surface area (Å²) in [7, 11) is -3.09. The fourth-order valence-corrected chi connectivity index (χ4v) is 2.99. The third-order valence-corrected chi connectivity index (χ3v) is 4.38. The standard InChI is InChI=1S/C11H24N2O3S/c1-2-12-6-3-9-17(14,15)13-10-11-4-7-16-8-5-11/h11-13H,2-10H2,1H3. The van der Waals surface area contributed by atoms with Crippen molar-refractivity contribution in [1.82, 2.24) is 10.0 Å². The van der Waals surface area contributed by atoms with Crippen molar-refractivity contribution >= 4 is 10.0 Å². The molecule has 6 heteroatoms. The summed E-state index contributed by atoms with van der Waals surface area (Å²) in [5, 5.41) is 3.12. The van der Waals surface area contributed by atoms with E-state index in [4.69, 9.17) is 4.74 Å². The molecule has 0 unspecified atom stereocenters. The van der Waals surface area contributed by atoms with Gasteiger partial charge in [0.15, 0.2) is 0 Å². The lowest BCUT2D eigenvalue weighted by Crippen LogP contribution is -2.34. The predicted octanol–water partition coefficient (Wildman–Crippen LogP) is 0.332. The Bertz CT molecular complexity index is 287. The summed E-state index contributed by atoms with van der Waals surface area (Å²) in [6.45, 7) is 5.73. The second-order valence-electron chi connectivity index (χ2n) is 4.43. The Hall–Kier alpha value is -0.170. The van der Waals surface area contributed by atoms with Gasteiger partial charge >= 0.3 is 0 Å². The van der Waals surface area contributed by atoms with Crippen molar-refractivity contribution in [3.8, 4) is 0 Å². The first-order valence-electron chi connectivity index (χ1n) is 6.40. The normalized spacial score (nSPS) is 18.4. The maximum Gasteiger partial charge on any atom is 0.211 e. The quantitative estimate of drug-likeness (QED) is 0.620. The number of nitrogens with one attached hydrogen (secondary N) is 2. The van der Waals surface area contributed by atoms with Gasteiger partial charge in [-0.05, 0) is 38.3 Å². The molecule has 1 aliphatic heterocycles. The number of rotatable bonds is 8. The molecule has 5 nitrogen and oxygen atoms in total. The van der Waals surface area contributed by atoms with Gasteiger partial charge < -0.3 is 10.1 Å². The second-order valence-corrected chi connectivity index (χ2v) is 6.36. The zero-order valence-electron chi connectivity index (χ0n) is 10.6. The Balaban J connectivity index is 2.14. The molecule has 0 aromatic heterocycles. The van der Waals surface area contributed by atoms with Crippen LogP contribution in [0.2, 0.25) is 0 Å². The van der Waals surface area contributed by atoms with Crippen LogP contribution in [-0.4, -0.2) is 47.0 Å². The van der Waals surface area contributed by atoms with Gasteiger partial charge in [0.2, 0.25) is 10.0 Å². The topological polar surface area (TPSA) is 67.4 Å². The van der Waals surface area contributed by atoms with Crippen LogP contribution in [0.25, 0.3) is 0 Å². The average molecular weight is 264 g/mol. The molecular weight excluding hydrogens is 240 g/mol. The zero-order chi connectivity index (χ0) is 12.6. The van der Waals surface area contributed by atoms with Crippen molar-refractivity contribution in [2.24, 2.45) is 5.92 Å². The summed E-state index contributed by atoms with van der Waals surface area (Å²) in [4.78, 5) is 0. The first-order chi connectivity index (χ1) is 8.14. The Morgan fingerprint density at radius 1 is 1.29 bits per heavy atom. The van der Waals surface area contributed by atoms with Gasteiger partial charge in [0, 0.05) is 19.8 Å². The number of hydrogen-bond acceptors (Lipinski definition) is 4. The van der Waals surface area contributed by atoms with Gasteiger partial charge in [-0.2, -0.15) is 0 Å². The van der Waals surface area contributed by atoms with E-state index >= 15 is 0 Å². The highest BCUT2D eigenvalue weighted by Crippen LogP contribution is 2.13. The van der Waals surface area contributed by atoms with Gasteiger partial charge in [-0.1, -0.05) is 6.92 Å². The minimum atomic E-state index is -3.09. The summed E-state index contributed by atoms with van der Waals surface area (Å²) in [6.07, 6.45) is 2.58. The lowest BCUT2D eigenvalue weighted by molar-refractivity contribution is 0.0678. The molecule has 1 heterocycles. The number of hydrogen-bond donors (Lipinski definition) is 2. The molecule has 0 atom stereocenters. The van der Waals surface area contributed by atoms with Crippen LogP contribution in [0.4, 0.5) is 0 Å². The average Bonchev–Trinajstić information content (AvgIpc) is 2.34. The molecule has 0 bridgehead atoms. The Morgan fingerprint density at radius 2 is 2.00 bits per heavy atom. The molecule has 1 saturated heterocycles. The molecule has 17 heavy (non-hydrogen) atoms. The van der Waals surface area contributed by atoms with Gasteiger partial charge in [-0.25, -0.2) is 13.1 Å². The predicted molar refractivity (Wildman–Crippen MR) is 68.5 cm³/mol. The van der Waals surface area contributed by atoms with Crippen LogP contribution in [0.3, 0.4) is 0 Å². The van der Waals surface area contributed by atoms with Crippen molar-refractivity contribution in [1.29, 1.82) is 0 Å². The van der Waals surface area contributed by atoms with E-state index in [0.717, 1.165) is 39.1 Å². The van der Waals surface area contributed by atoms with Crippen molar-refractivity contribution in [2.45, 2.75) is 26.2 Å². The highest BCUT2D eigenvalue weighted by molar-refractivity contribution is 7.89. The highest BCUT2D eigenvalue weighted by atomic mass is 32.2. The molecule has 0 radical (unpaired) electrons. The molecule has 1 aliphatic rings. The highest BCUT2D eigenvalue weighted by Gasteiger charge is 2.17. The fourth-order valence-electron chi connectivity index (χ4n) is 1.83. The van der Waals surface area contributed by atoms with Gasteiger partial charge in [0.05, 0.1) is 5.75 Å². The first kappa shape index (κ1) is 14.9. The summed E-state index contributed by atoms with van der Waals surface area (Å²) in [5.74, 6) is 0.649. The summed E-state index contributed by atoms with van der Waals surface area (Å²) < 4.78 is 31.3. The van der Waals surface area contributed by atoms with Gasteiger partial charge in [0.25, 0.3) is 0 Å². The summed E-state index contributed by atoms with van der Waals surface area (Å²) >= 11 is 0. The second kappa shape index (κ2) is 8.02. The third-order valence-electron chi connectivity index (χ3n) is 2.95. The van der Waals surface area contributed by atoms with Crippen LogP contribution < -0.4 is 10.0 Å². The molecule has 1 fully saturated rings. The molecule has 0 aromatic rings. The van der Waals surface area contributed by atoms with E-state index in [1.165, 1.54) is 0 Å². The first-order valence-corrected chi connectivity index (χ1v) is 8.05. The van der Waals surface area contributed by atoms with Crippen LogP contribution in [0, 0.1) is 5.92 Å². The minimum Gasteiger partial charge on any atom is -0.381 e. The maximum atomic E-state index is 11.7. The van der Waals surface area contributed by atoms with E-state index in [0.29, 0.717) is 18.9 Å². The SMILES string of the molecule is CCNCCCS(=O)(=O)NCC1CCOCC1. The van der Waals surface area contributed by atoms with Crippen LogP contribution >= 0.6 is 0 Å². The lowest BCUT2D eigenvalue weighted by atomic mass is 10.0. The minimum absolute atomic E-state index is 0.212. The monoisotopic (exact) mass is 264 g/mol. The third kappa shape index (κ3) is 6.98. The van der Waals surface area contributed by atoms with E-state index in [9.17, 15) is 8.42 Å². The lowest BCUT2D eigenvalue weighted by Gasteiger charge is -2.22. The van der Waals surface area contributed by atoms with Gasteiger partial charge in [0.1, 0.15) is 0 Å². The van der Waals surface area contributed by atoms with Crippen molar-refractivity contribution in [3.05, 3.63) is 0 Å².